The second kappa shape index (κ2) is 5.88. The summed E-state index contributed by atoms with van der Waals surface area (Å²) in [6.07, 6.45) is 1.37. The number of nitrogens with zero attached hydrogens (tertiary/aromatic N) is 1. The Morgan fingerprint density at radius 3 is 2.75 bits per heavy atom. The third-order valence-corrected chi connectivity index (χ3v) is 5.99. The van der Waals surface area contributed by atoms with Gasteiger partial charge in [-0.3, -0.25) is 10.1 Å². The van der Waals surface area contributed by atoms with E-state index in [-0.39, 0.29) is 22.7 Å². The molecule has 0 spiro atoms. The van der Waals surface area contributed by atoms with E-state index in [1.54, 1.807) is 18.2 Å². The van der Waals surface area contributed by atoms with Crippen LogP contribution in [0.5, 0.6) is 0 Å². The molecule has 1 aliphatic rings. The van der Waals surface area contributed by atoms with Crippen LogP contribution in [0.15, 0.2) is 24.3 Å². The fourth-order valence-corrected chi connectivity index (χ4v) is 4.30. The van der Waals surface area contributed by atoms with Crippen LogP contribution in [0.25, 0.3) is 0 Å². The number of nitro benzene ring substituents is 1. The van der Waals surface area contributed by atoms with E-state index in [1.807, 2.05) is 6.92 Å². The predicted octanol–water partition coefficient (Wildman–Crippen LogP) is 1.82. The fraction of sp³-hybridized carbons (Fsp3) is 0.538. The second-order valence-electron chi connectivity index (χ2n) is 5.08. The van der Waals surface area contributed by atoms with Crippen LogP contribution in [0.1, 0.15) is 31.4 Å². The van der Waals surface area contributed by atoms with E-state index in [4.69, 9.17) is 0 Å². The van der Waals surface area contributed by atoms with E-state index in [0.29, 0.717) is 24.9 Å². The molecule has 2 atom stereocenters. The first-order valence-corrected chi connectivity index (χ1v) is 8.31. The smallest absolute Gasteiger partial charge is 0.274 e. The number of hydrogen-bond acceptors (Lipinski definition) is 5. The Morgan fingerprint density at radius 2 is 2.15 bits per heavy atom. The first kappa shape index (κ1) is 14.9. The zero-order valence-corrected chi connectivity index (χ0v) is 12.1. The maximum absolute atomic E-state index is 11.7. The van der Waals surface area contributed by atoms with E-state index in [9.17, 15) is 18.5 Å². The Kier molecular flexibility index (Phi) is 4.39. The molecule has 7 heteroatoms. The summed E-state index contributed by atoms with van der Waals surface area (Å²) in [5, 5.41) is 13.7. The molecule has 0 radical (unpaired) electrons. The van der Waals surface area contributed by atoms with Crippen LogP contribution < -0.4 is 5.32 Å². The number of nitro groups is 1. The van der Waals surface area contributed by atoms with Gasteiger partial charge in [-0.25, -0.2) is 8.42 Å². The van der Waals surface area contributed by atoms with Crippen LogP contribution in [0.3, 0.4) is 0 Å². The minimum absolute atomic E-state index is 0.0572. The van der Waals surface area contributed by atoms with Crippen LogP contribution in [0.4, 0.5) is 5.69 Å². The Balaban J connectivity index is 2.06. The van der Waals surface area contributed by atoms with Crippen molar-refractivity contribution in [3.05, 3.63) is 39.9 Å². The molecule has 1 aromatic rings. The van der Waals surface area contributed by atoms with Gasteiger partial charge in [0.15, 0.2) is 9.84 Å². The fourth-order valence-electron chi connectivity index (χ4n) is 2.53. The quantitative estimate of drug-likeness (QED) is 0.661. The van der Waals surface area contributed by atoms with Crippen molar-refractivity contribution < 1.29 is 13.3 Å². The predicted molar refractivity (Wildman–Crippen MR) is 76.3 cm³/mol. The van der Waals surface area contributed by atoms with E-state index >= 15 is 0 Å². The number of sulfone groups is 1. The van der Waals surface area contributed by atoms with Gasteiger partial charge in [-0.2, -0.15) is 0 Å². The molecule has 2 unspecified atom stereocenters. The molecule has 20 heavy (non-hydrogen) atoms. The van der Waals surface area contributed by atoms with Gasteiger partial charge in [-0.15, -0.1) is 0 Å². The van der Waals surface area contributed by atoms with Gasteiger partial charge in [0.2, 0.25) is 0 Å². The molecule has 1 saturated heterocycles. The van der Waals surface area contributed by atoms with Gasteiger partial charge < -0.3 is 5.32 Å². The van der Waals surface area contributed by atoms with Gasteiger partial charge in [0.05, 0.1) is 15.9 Å². The molecule has 0 aliphatic carbocycles. The number of hydrogen-bond donors (Lipinski definition) is 1. The van der Waals surface area contributed by atoms with Crippen molar-refractivity contribution in [2.75, 3.05) is 12.3 Å². The van der Waals surface area contributed by atoms with Gasteiger partial charge in [0.25, 0.3) is 5.69 Å². The highest BCUT2D eigenvalue weighted by Crippen LogP contribution is 2.25. The first-order valence-electron chi connectivity index (χ1n) is 6.60. The maximum atomic E-state index is 11.7. The summed E-state index contributed by atoms with van der Waals surface area (Å²) in [6, 6.07) is 6.26. The molecule has 0 saturated carbocycles. The van der Waals surface area contributed by atoms with Crippen molar-refractivity contribution in [2.24, 2.45) is 0 Å². The molecule has 1 fully saturated rings. The molecule has 110 valence electrons. The van der Waals surface area contributed by atoms with Crippen molar-refractivity contribution in [1.29, 1.82) is 0 Å². The molecule has 0 bridgehead atoms. The summed E-state index contributed by atoms with van der Waals surface area (Å²) in [7, 11) is -2.99. The lowest BCUT2D eigenvalue weighted by atomic mass is 10.1. The average molecular weight is 298 g/mol. The first-order chi connectivity index (χ1) is 9.42. The Labute approximate surface area is 118 Å². The van der Waals surface area contributed by atoms with Gasteiger partial charge >= 0.3 is 0 Å². The minimum Gasteiger partial charge on any atom is -0.309 e. The molecular formula is C13H18N2O4S. The monoisotopic (exact) mass is 298 g/mol. The number of rotatable bonds is 5. The molecule has 6 nitrogen and oxygen atoms in total. The minimum atomic E-state index is -2.99. The van der Waals surface area contributed by atoms with E-state index < -0.39 is 14.8 Å². The summed E-state index contributed by atoms with van der Waals surface area (Å²) in [6.45, 7) is 2.15. The van der Waals surface area contributed by atoms with Crippen molar-refractivity contribution >= 4 is 15.5 Å². The van der Waals surface area contributed by atoms with Crippen LogP contribution in [0.2, 0.25) is 0 Å². The topological polar surface area (TPSA) is 89.3 Å². The average Bonchev–Trinajstić information content (AvgIpc) is 2.75. The number of para-hydroxylation sites is 1. The largest absolute Gasteiger partial charge is 0.309 e. The van der Waals surface area contributed by atoms with Crippen LogP contribution in [-0.4, -0.2) is 30.9 Å². The van der Waals surface area contributed by atoms with Crippen LogP contribution in [0, 0.1) is 10.1 Å². The molecule has 1 N–H and O–H groups in total. The number of nitrogens with one attached hydrogen (secondary N) is 1. The maximum Gasteiger partial charge on any atom is 0.274 e. The standard InChI is InChI=1S/C13H18N2O4S/c1-10(12-6-2-3-7-13(12)15(16)17)14-9-11-5-4-8-20(11,18)19/h2-3,6-7,10-11,14H,4-5,8-9H2,1H3. The molecule has 2 rings (SSSR count). The van der Waals surface area contributed by atoms with Gasteiger partial charge in [-0.1, -0.05) is 18.2 Å². The zero-order chi connectivity index (χ0) is 14.8. The normalized spacial score (nSPS) is 22.6. The third-order valence-electron chi connectivity index (χ3n) is 3.71. The summed E-state index contributed by atoms with van der Waals surface area (Å²) < 4.78 is 23.5. The lowest BCUT2D eigenvalue weighted by Crippen LogP contribution is -2.32. The molecule has 0 aromatic heterocycles. The van der Waals surface area contributed by atoms with E-state index in [2.05, 4.69) is 5.32 Å². The summed E-state index contributed by atoms with van der Waals surface area (Å²) in [5.74, 6) is 0.249. The number of benzene rings is 1. The summed E-state index contributed by atoms with van der Waals surface area (Å²) >= 11 is 0. The highest BCUT2D eigenvalue weighted by molar-refractivity contribution is 7.92. The summed E-state index contributed by atoms with van der Waals surface area (Å²) in [4.78, 5) is 10.6. The van der Waals surface area contributed by atoms with Gasteiger partial charge in [0, 0.05) is 24.2 Å². The SMILES string of the molecule is CC(NCC1CCCS1(=O)=O)c1ccccc1[N+](=O)[O-]. The van der Waals surface area contributed by atoms with E-state index in [0.717, 1.165) is 0 Å². The molecule has 1 aromatic carbocycles. The molecular weight excluding hydrogens is 280 g/mol. The Hall–Kier alpha value is -1.47. The zero-order valence-electron chi connectivity index (χ0n) is 11.3. The lowest BCUT2D eigenvalue weighted by molar-refractivity contribution is -0.385. The molecule has 0 amide bonds. The third kappa shape index (κ3) is 3.16. The van der Waals surface area contributed by atoms with Crippen molar-refractivity contribution in [1.82, 2.24) is 5.32 Å². The summed E-state index contributed by atoms with van der Waals surface area (Å²) in [5.41, 5.74) is 0.634. The second-order valence-corrected chi connectivity index (χ2v) is 7.48. The van der Waals surface area contributed by atoms with Crippen molar-refractivity contribution in [2.45, 2.75) is 31.1 Å². The van der Waals surface area contributed by atoms with Crippen molar-refractivity contribution in [3.63, 3.8) is 0 Å². The van der Waals surface area contributed by atoms with Gasteiger partial charge in [-0.05, 0) is 19.8 Å². The van der Waals surface area contributed by atoms with Crippen molar-refractivity contribution in [3.8, 4) is 0 Å². The highest BCUT2D eigenvalue weighted by Gasteiger charge is 2.31. The van der Waals surface area contributed by atoms with Crippen LogP contribution in [-0.2, 0) is 9.84 Å². The van der Waals surface area contributed by atoms with Gasteiger partial charge in [0.1, 0.15) is 0 Å². The Morgan fingerprint density at radius 1 is 1.45 bits per heavy atom. The molecule has 1 aliphatic heterocycles. The van der Waals surface area contributed by atoms with E-state index in [1.165, 1.54) is 6.07 Å². The lowest BCUT2D eigenvalue weighted by Gasteiger charge is -2.17. The van der Waals surface area contributed by atoms with Crippen LogP contribution >= 0.6 is 0 Å². The highest BCUT2D eigenvalue weighted by atomic mass is 32.2. The molecule has 1 heterocycles. The Bertz CT molecular complexity index is 600.